The van der Waals surface area contributed by atoms with Crippen molar-refractivity contribution in [3.05, 3.63) is 48.0 Å². The van der Waals surface area contributed by atoms with Crippen LogP contribution in [0.3, 0.4) is 0 Å². The number of piperidine rings is 1. The lowest BCUT2D eigenvalue weighted by molar-refractivity contribution is -0.173. The van der Waals surface area contributed by atoms with E-state index in [-0.39, 0.29) is 0 Å². The molecule has 1 N–H and O–H groups in total. The number of methoxy groups -OCH3 is 1. The quantitative estimate of drug-likeness (QED) is 0.868. The van der Waals surface area contributed by atoms with Crippen molar-refractivity contribution in [1.82, 2.24) is 4.90 Å². The zero-order valence-corrected chi connectivity index (χ0v) is 14.6. The van der Waals surface area contributed by atoms with Crippen molar-refractivity contribution in [2.75, 3.05) is 20.2 Å². The highest BCUT2D eigenvalue weighted by molar-refractivity contribution is 6.05. The summed E-state index contributed by atoms with van der Waals surface area (Å²) in [6, 6.07) is 14.6. The van der Waals surface area contributed by atoms with Gasteiger partial charge in [0.05, 0.1) is 0 Å². The molecule has 5 nitrogen and oxygen atoms in total. The minimum Gasteiger partial charge on any atom is -0.479 e. The molecule has 1 unspecified atom stereocenters. The normalized spacial score (nSPS) is 18.1. The van der Waals surface area contributed by atoms with Gasteiger partial charge in [0.25, 0.3) is 5.91 Å². The van der Waals surface area contributed by atoms with E-state index >= 15 is 0 Å². The summed E-state index contributed by atoms with van der Waals surface area (Å²) in [6.45, 7) is 2.40. The first kappa shape index (κ1) is 17.4. The second-order valence-corrected chi connectivity index (χ2v) is 6.68. The Kier molecular flexibility index (Phi) is 4.77. The van der Waals surface area contributed by atoms with Crippen molar-refractivity contribution < 1.29 is 19.4 Å². The second-order valence-electron chi connectivity index (χ2n) is 6.68. The summed E-state index contributed by atoms with van der Waals surface area (Å²) in [5.41, 5.74) is -0.510. The Labute approximate surface area is 147 Å². The van der Waals surface area contributed by atoms with E-state index in [0.29, 0.717) is 19.0 Å². The minimum absolute atomic E-state index is 0.369. The van der Waals surface area contributed by atoms with Crippen LogP contribution in [0, 0.1) is 0 Å². The number of aliphatic carboxylic acids is 1. The topological polar surface area (TPSA) is 66.8 Å². The van der Waals surface area contributed by atoms with Gasteiger partial charge >= 0.3 is 5.97 Å². The zero-order valence-electron chi connectivity index (χ0n) is 14.6. The van der Waals surface area contributed by atoms with Gasteiger partial charge in [-0.25, -0.2) is 4.79 Å². The standard InChI is InChI=1S/C20H23NO4/c1-20(25-2,19(23)24)18(22)21-12-10-15(11-13-21)17-9-5-7-14-6-3-4-8-16(14)17/h3-9,15H,10-13H2,1-2H3,(H,23,24). The van der Waals surface area contributed by atoms with Crippen LogP contribution in [0.25, 0.3) is 10.8 Å². The molecule has 0 spiro atoms. The SMILES string of the molecule is COC(C)(C(=O)O)C(=O)N1CCC(c2cccc3ccccc23)CC1. The number of nitrogens with zero attached hydrogens (tertiary/aromatic N) is 1. The van der Waals surface area contributed by atoms with Gasteiger partial charge in [-0.05, 0) is 42.0 Å². The van der Waals surface area contributed by atoms with Crippen molar-refractivity contribution in [2.24, 2.45) is 0 Å². The van der Waals surface area contributed by atoms with Gasteiger partial charge in [-0.1, -0.05) is 42.5 Å². The lowest BCUT2D eigenvalue weighted by Crippen LogP contribution is -2.55. The zero-order chi connectivity index (χ0) is 18.0. The number of rotatable bonds is 4. The number of hydrogen-bond donors (Lipinski definition) is 1. The van der Waals surface area contributed by atoms with Gasteiger partial charge in [0.15, 0.2) is 0 Å². The Bertz CT molecular complexity index is 790. The van der Waals surface area contributed by atoms with Gasteiger partial charge in [0.1, 0.15) is 0 Å². The fraction of sp³-hybridized carbons (Fsp3) is 0.400. The van der Waals surface area contributed by atoms with E-state index in [1.165, 1.54) is 30.4 Å². The van der Waals surface area contributed by atoms with E-state index in [9.17, 15) is 14.7 Å². The number of likely N-dealkylation sites (tertiary alicyclic amines) is 1. The van der Waals surface area contributed by atoms with Gasteiger partial charge < -0.3 is 14.7 Å². The number of fused-ring (bicyclic) bond motifs is 1. The van der Waals surface area contributed by atoms with E-state index in [1.54, 1.807) is 4.90 Å². The predicted molar refractivity (Wildman–Crippen MR) is 95.6 cm³/mol. The molecule has 25 heavy (non-hydrogen) atoms. The fourth-order valence-electron chi connectivity index (χ4n) is 3.57. The third-order valence-corrected chi connectivity index (χ3v) is 5.27. The molecule has 132 valence electrons. The fourth-order valence-corrected chi connectivity index (χ4v) is 3.57. The van der Waals surface area contributed by atoms with Crippen LogP contribution >= 0.6 is 0 Å². The maximum Gasteiger partial charge on any atom is 0.345 e. The average molecular weight is 341 g/mol. The predicted octanol–water partition coefficient (Wildman–Crippen LogP) is 3.04. The van der Waals surface area contributed by atoms with E-state index < -0.39 is 17.5 Å². The Morgan fingerprint density at radius 2 is 1.76 bits per heavy atom. The first-order valence-corrected chi connectivity index (χ1v) is 8.53. The molecular formula is C20H23NO4. The molecule has 1 heterocycles. The van der Waals surface area contributed by atoms with Crippen molar-refractivity contribution in [3.63, 3.8) is 0 Å². The largest absolute Gasteiger partial charge is 0.479 e. The number of amides is 1. The Morgan fingerprint density at radius 3 is 2.40 bits per heavy atom. The summed E-state index contributed by atoms with van der Waals surface area (Å²) in [4.78, 5) is 25.6. The molecule has 1 aliphatic rings. The molecule has 0 radical (unpaired) electrons. The van der Waals surface area contributed by atoms with Crippen LogP contribution < -0.4 is 0 Å². The summed E-state index contributed by atoms with van der Waals surface area (Å²) in [6.07, 6.45) is 1.64. The molecule has 2 aromatic carbocycles. The molecule has 0 aliphatic carbocycles. The summed E-state index contributed by atoms with van der Waals surface area (Å²) in [7, 11) is 1.26. The van der Waals surface area contributed by atoms with E-state index in [1.807, 2.05) is 12.1 Å². The van der Waals surface area contributed by atoms with E-state index in [4.69, 9.17) is 4.74 Å². The monoisotopic (exact) mass is 341 g/mol. The number of carboxylic acids is 1. The number of carbonyl (C=O) groups is 2. The molecule has 3 rings (SSSR count). The maximum absolute atomic E-state index is 12.6. The maximum atomic E-state index is 12.6. The van der Waals surface area contributed by atoms with Crippen LogP contribution in [0.4, 0.5) is 0 Å². The highest BCUT2D eigenvalue weighted by Crippen LogP contribution is 2.33. The van der Waals surface area contributed by atoms with Crippen LogP contribution in [-0.2, 0) is 14.3 Å². The molecule has 0 saturated carbocycles. The highest BCUT2D eigenvalue weighted by atomic mass is 16.5. The van der Waals surface area contributed by atoms with Gasteiger partial charge in [-0.15, -0.1) is 0 Å². The Morgan fingerprint density at radius 1 is 1.12 bits per heavy atom. The smallest absolute Gasteiger partial charge is 0.345 e. The lowest BCUT2D eigenvalue weighted by Gasteiger charge is -2.36. The summed E-state index contributed by atoms with van der Waals surface area (Å²) in [5, 5.41) is 11.8. The van der Waals surface area contributed by atoms with Gasteiger partial charge in [0.2, 0.25) is 5.60 Å². The lowest BCUT2D eigenvalue weighted by atomic mass is 9.86. The van der Waals surface area contributed by atoms with Crippen molar-refractivity contribution in [3.8, 4) is 0 Å². The van der Waals surface area contributed by atoms with Crippen LogP contribution in [-0.4, -0.2) is 47.7 Å². The molecule has 0 aromatic heterocycles. The van der Waals surface area contributed by atoms with E-state index in [0.717, 1.165) is 12.8 Å². The third-order valence-electron chi connectivity index (χ3n) is 5.27. The molecule has 0 bridgehead atoms. The Balaban J connectivity index is 1.76. The van der Waals surface area contributed by atoms with E-state index in [2.05, 4.69) is 30.3 Å². The summed E-state index contributed by atoms with van der Waals surface area (Å²) < 4.78 is 4.99. The van der Waals surface area contributed by atoms with Crippen LogP contribution in [0.2, 0.25) is 0 Å². The molecule has 1 aliphatic heterocycles. The average Bonchev–Trinajstić information content (AvgIpc) is 2.66. The van der Waals surface area contributed by atoms with Crippen LogP contribution in [0.1, 0.15) is 31.2 Å². The number of benzene rings is 2. The number of carbonyl (C=O) groups excluding carboxylic acids is 1. The molecule has 1 fully saturated rings. The first-order chi connectivity index (χ1) is 12.0. The van der Waals surface area contributed by atoms with Gasteiger partial charge in [-0.3, -0.25) is 4.79 Å². The number of carboxylic acid groups (broad SMARTS) is 1. The number of hydrogen-bond acceptors (Lipinski definition) is 3. The summed E-state index contributed by atoms with van der Waals surface area (Å²) >= 11 is 0. The molecule has 1 amide bonds. The van der Waals surface area contributed by atoms with Crippen LogP contribution in [0.5, 0.6) is 0 Å². The van der Waals surface area contributed by atoms with Crippen molar-refractivity contribution in [2.45, 2.75) is 31.3 Å². The van der Waals surface area contributed by atoms with Crippen LogP contribution in [0.15, 0.2) is 42.5 Å². The first-order valence-electron chi connectivity index (χ1n) is 8.53. The molecular weight excluding hydrogens is 318 g/mol. The van der Waals surface area contributed by atoms with Gasteiger partial charge in [0, 0.05) is 20.2 Å². The summed E-state index contributed by atoms with van der Waals surface area (Å²) in [5.74, 6) is -1.36. The van der Waals surface area contributed by atoms with Crippen molar-refractivity contribution >= 4 is 22.6 Å². The van der Waals surface area contributed by atoms with Gasteiger partial charge in [-0.2, -0.15) is 0 Å². The molecule has 5 heteroatoms. The molecule has 1 atom stereocenters. The highest BCUT2D eigenvalue weighted by Gasteiger charge is 2.45. The Hall–Kier alpha value is -2.40. The third kappa shape index (κ3) is 3.12. The van der Waals surface area contributed by atoms with Crippen molar-refractivity contribution in [1.29, 1.82) is 0 Å². The molecule has 2 aromatic rings. The molecule has 1 saturated heterocycles. The number of ether oxygens (including phenoxy) is 1. The second kappa shape index (κ2) is 6.84. The minimum atomic E-state index is -1.81.